The van der Waals surface area contributed by atoms with E-state index in [4.69, 9.17) is 9.88 Å². The topological polar surface area (TPSA) is 81.4 Å². The van der Waals surface area contributed by atoms with E-state index >= 15 is 0 Å². The molecule has 0 saturated heterocycles. The number of nitrogens with two attached hydrogens (primary N) is 1. The van der Waals surface area contributed by atoms with Crippen molar-refractivity contribution in [3.8, 4) is 0 Å². The largest absolute Gasteiger partial charge is 0.497 e. The van der Waals surface area contributed by atoms with Crippen molar-refractivity contribution in [2.24, 2.45) is 5.14 Å². The van der Waals surface area contributed by atoms with Crippen molar-refractivity contribution in [1.29, 1.82) is 0 Å². The van der Waals surface area contributed by atoms with Crippen LogP contribution in [0.15, 0.2) is 12.3 Å². The lowest BCUT2D eigenvalue weighted by molar-refractivity contribution is 0.128. The van der Waals surface area contributed by atoms with Crippen LogP contribution in [-0.4, -0.2) is 21.1 Å². The standard InChI is InChI=1S/C6H12N2O3S/c7-12(9,10)8-5-6-3-1-2-4-11-6/h2,4,6,8H,1,3,5H2,(H2,7,9,10). The molecular formula is C6H12N2O3S. The minimum absolute atomic E-state index is 0.0895. The molecule has 0 spiro atoms. The van der Waals surface area contributed by atoms with Gasteiger partial charge >= 0.3 is 0 Å². The second-order valence-electron chi connectivity index (χ2n) is 2.60. The van der Waals surface area contributed by atoms with Crippen LogP contribution in [0.25, 0.3) is 0 Å². The van der Waals surface area contributed by atoms with Gasteiger partial charge in [0.2, 0.25) is 0 Å². The fourth-order valence-corrected chi connectivity index (χ4v) is 1.36. The van der Waals surface area contributed by atoms with Gasteiger partial charge in [0.15, 0.2) is 0 Å². The Hall–Kier alpha value is -0.590. The summed E-state index contributed by atoms with van der Waals surface area (Å²) in [4.78, 5) is 0. The SMILES string of the molecule is NS(=O)(=O)NCC1CCC=CO1. The molecule has 1 aliphatic heterocycles. The summed E-state index contributed by atoms with van der Waals surface area (Å²) < 4.78 is 28.2. The minimum Gasteiger partial charge on any atom is -0.497 e. The van der Waals surface area contributed by atoms with Gasteiger partial charge in [-0.3, -0.25) is 0 Å². The first-order valence-electron chi connectivity index (χ1n) is 3.66. The lowest BCUT2D eigenvalue weighted by Crippen LogP contribution is -2.37. The highest BCUT2D eigenvalue weighted by atomic mass is 32.2. The molecule has 0 aromatic rings. The molecule has 0 bridgehead atoms. The number of hydrogen-bond donors (Lipinski definition) is 2. The molecule has 1 unspecified atom stereocenters. The zero-order chi connectivity index (χ0) is 9.03. The number of nitrogens with one attached hydrogen (secondary N) is 1. The number of allylic oxidation sites excluding steroid dienone is 1. The molecule has 6 heteroatoms. The Balaban J connectivity index is 2.28. The molecule has 1 aliphatic rings. The van der Waals surface area contributed by atoms with E-state index in [1.54, 1.807) is 6.26 Å². The zero-order valence-electron chi connectivity index (χ0n) is 6.56. The van der Waals surface area contributed by atoms with E-state index in [1.807, 2.05) is 6.08 Å². The van der Waals surface area contributed by atoms with Crippen molar-refractivity contribution in [2.75, 3.05) is 6.54 Å². The Labute approximate surface area is 71.8 Å². The predicted molar refractivity (Wildman–Crippen MR) is 44.4 cm³/mol. The Morgan fingerprint density at radius 3 is 2.92 bits per heavy atom. The maximum Gasteiger partial charge on any atom is 0.274 e. The van der Waals surface area contributed by atoms with E-state index in [2.05, 4.69) is 4.72 Å². The summed E-state index contributed by atoms with van der Waals surface area (Å²) >= 11 is 0. The fourth-order valence-electron chi connectivity index (χ4n) is 0.944. The average molecular weight is 192 g/mol. The first-order valence-corrected chi connectivity index (χ1v) is 5.20. The van der Waals surface area contributed by atoms with E-state index in [0.717, 1.165) is 12.8 Å². The first-order chi connectivity index (χ1) is 5.58. The zero-order valence-corrected chi connectivity index (χ0v) is 7.38. The highest BCUT2D eigenvalue weighted by Crippen LogP contribution is 2.08. The molecule has 12 heavy (non-hydrogen) atoms. The van der Waals surface area contributed by atoms with Gasteiger partial charge in [-0.25, -0.2) is 5.14 Å². The van der Waals surface area contributed by atoms with Gasteiger partial charge in [0.05, 0.1) is 6.26 Å². The van der Waals surface area contributed by atoms with Gasteiger partial charge < -0.3 is 4.74 Å². The summed E-state index contributed by atoms with van der Waals surface area (Å²) in [5.41, 5.74) is 0. The van der Waals surface area contributed by atoms with Crippen molar-refractivity contribution in [3.05, 3.63) is 12.3 Å². The van der Waals surface area contributed by atoms with Crippen LogP contribution in [-0.2, 0) is 14.9 Å². The van der Waals surface area contributed by atoms with E-state index in [9.17, 15) is 8.42 Å². The van der Waals surface area contributed by atoms with Crippen LogP contribution < -0.4 is 9.86 Å². The van der Waals surface area contributed by atoms with Gasteiger partial charge in [-0.15, -0.1) is 0 Å². The highest BCUT2D eigenvalue weighted by Gasteiger charge is 2.12. The van der Waals surface area contributed by atoms with E-state index in [1.165, 1.54) is 0 Å². The Bertz CT molecular complexity index is 260. The molecule has 0 radical (unpaired) electrons. The van der Waals surface area contributed by atoms with Crippen LogP contribution >= 0.6 is 0 Å². The Kier molecular flexibility index (Phi) is 3.07. The lowest BCUT2D eigenvalue weighted by atomic mass is 10.2. The maximum atomic E-state index is 10.5. The summed E-state index contributed by atoms with van der Waals surface area (Å²) in [6, 6.07) is 0. The molecule has 0 amide bonds. The third-order valence-electron chi connectivity index (χ3n) is 1.53. The van der Waals surface area contributed by atoms with Crippen molar-refractivity contribution >= 4 is 10.2 Å². The third kappa shape index (κ3) is 3.70. The quantitative estimate of drug-likeness (QED) is 0.630. The van der Waals surface area contributed by atoms with Crippen LogP contribution in [0.1, 0.15) is 12.8 Å². The van der Waals surface area contributed by atoms with Crippen molar-refractivity contribution < 1.29 is 13.2 Å². The number of rotatable bonds is 3. The summed E-state index contributed by atoms with van der Waals surface area (Å²) in [7, 11) is -3.58. The summed E-state index contributed by atoms with van der Waals surface area (Å²) in [6.07, 6.45) is 5.12. The lowest BCUT2D eigenvalue weighted by Gasteiger charge is -2.18. The third-order valence-corrected chi connectivity index (χ3v) is 2.10. The van der Waals surface area contributed by atoms with Crippen molar-refractivity contribution in [3.63, 3.8) is 0 Å². The van der Waals surface area contributed by atoms with Crippen LogP contribution in [0.5, 0.6) is 0 Å². The first kappa shape index (κ1) is 9.50. The number of hydrogen-bond acceptors (Lipinski definition) is 3. The fraction of sp³-hybridized carbons (Fsp3) is 0.667. The van der Waals surface area contributed by atoms with Gasteiger partial charge in [0, 0.05) is 6.54 Å². The molecule has 70 valence electrons. The van der Waals surface area contributed by atoms with Gasteiger partial charge in [-0.05, 0) is 18.9 Å². The molecule has 0 aromatic carbocycles. The molecule has 0 aromatic heterocycles. The van der Waals surface area contributed by atoms with E-state index in [-0.39, 0.29) is 12.6 Å². The minimum atomic E-state index is -3.58. The van der Waals surface area contributed by atoms with Gasteiger partial charge in [-0.2, -0.15) is 13.1 Å². The van der Waals surface area contributed by atoms with E-state index < -0.39 is 10.2 Å². The van der Waals surface area contributed by atoms with Gasteiger partial charge in [0.25, 0.3) is 10.2 Å². The van der Waals surface area contributed by atoms with Gasteiger partial charge in [0.1, 0.15) is 6.10 Å². The molecule has 5 nitrogen and oxygen atoms in total. The molecule has 1 rings (SSSR count). The summed E-state index contributed by atoms with van der Waals surface area (Å²) in [5.74, 6) is 0. The van der Waals surface area contributed by atoms with Crippen LogP contribution in [0.2, 0.25) is 0 Å². The van der Waals surface area contributed by atoms with Gasteiger partial charge in [-0.1, -0.05) is 0 Å². The molecule has 1 heterocycles. The molecule has 0 fully saturated rings. The smallest absolute Gasteiger partial charge is 0.274 e. The maximum absolute atomic E-state index is 10.5. The molecule has 3 N–H and O–H groups in total. The number of ether oxygens (including phenoxy) is 1. The Morgan fingerprint density at radius 2 is 2.42 bits per heavy atom. The summed E-state index contributed by atoms with van der Waals surface area (Å²) in [5, 5.41) is 4.74. The van der Waals surface area contributed by atoms with Crippen LogP contribution in [0.3, 0.4) is 0 Å². The molecule has 1 atom stereocenters. The van der Waals surface area contributed by atoms with Crippen molar-refractivity contribution in [2.45, 2.75) is 18.9 Å². The van der Waals surface area contributed by atoms with Crippen LogP contribution in [0, 0.1) is 0 Å². The highest BCUT2D eigenvalue weighted by molar-refractivity contribution is 7.87. The van der Waals surface area contributed by atoms with E-state index in [0.29, 0.717) is 0 Å². The second kappa shape index (κ2) is 3.88. The molecule has 0 saturated carbocycles. The Morgan fingerprint density at radius 1 is 1.67 bits per heavy atom. The second-order valence-corrected chi connectivity index (χ2v) is 3.98. The van der Waals surface area contributed by atoms with Crippen molar-refractivity contribution in [1.82, 2.24) is 4.72 Å². The average Bonchev–Trinajstić information content (AvgIpc) is 2.02. The normalized spacial score (nSPS) is 23.6. The molecule has 0 aliphatic carbocycles. The molecular weight excluding hydrogens is 180 g/mol. The van der Waals surface area contributed by atoms with Crippen LogP contribution in [0.4, 0.5) is 0 Å². The summed E-state index contributed by atoms with van der Waals surface area (Å²) in [6.45, 7) is 0.239. The monoisotopic (exact) mass is 192 g/mol. The predicted octanol–water partition coefficient (Wildman–Crippen LogP) is -0.528.